The van der Waals surface area contributed by atoms with Crippen LogP contribution in [-0.4, -0.2) is 24.0 Å². The predicted molar refractivity (Wildman–Crippen MR) is 51.6 cm³/mol. The van der Waals surface area contributed by atoms with E-state index in [1.807, 2.05) is 13.8 Å². The van der Waals surface area contributed by atoms with Gasteiger partial charge in [0.05, 0.1) is 6.61 Å². The van der Waals surface area contributed by atoms with E-state index < -0.39 is 11.9 Å². The maximum atomic E-state index is 11.3. The summed E-state index contributed by atoms with van der Waals surface area (Å²) in [5, 5.41) is 2.69. The Balaban J connectivity index is 2.42. The Bertz CT molecular complexity index is 244. The smallest absolute Gasteiger partial charge is 0.396 e. The molecule has 1 amide bonds. The standard InChI is InChI=1S/C10H17NO3/c1-4-14-9(13)8(12)11-10(2,3)7-5-6-7/h7H,4-6H2,1-3H3,(H,11,12). The van der Waals surface area contributed by atoms with Gasteiger partial charge >= 0.3 is 11.9 Å². The number of carbonyl (C=O) groups is 2. The molecular formula is C10H17NO3. The van der Waals surface area contributed by atoms with Gasteiger partial charge in [0.2, 0.25) is 0 Å². The van der Waals surface area contributed by atoms with Gasteiger partial charge in [-0.25, -0.2) is 4.79 Å². The molecule has 0 saturated heterocycles. The first-order valence-corrected chi connectivity index (χ1v) is 4.96. The highest BCUT2D eigenvalue weighted by Crippen LogP contribution is 2.39. The second kappa shape index (κ2) is 3.98. The van der Waals surface area contributed by atoms with Crippen LogP contribution in [0.2, 0.25) is 0 Å². The van der Waals surface area contributed by atoms with Crippen molar-refractivity contribution in [1.29, 1.82) is 0 Å². The zero-order valence-electron chi connectivity index (χ0n) is 8.92. The molecule has 0 unspecified atom stereocenters. The second-order valence-electron chi connectivity index (χ2n) is 4.17. The Morgan fingerprint density at radius 1 is 1.43 bits per heavy atom. The summed E-state index contributed by atoms with van der Waals surface area (Å²) in [5.74, 6) is -0.925. The number of esters is 1. The zero-order valence-corrected chi connectivity index (χ0v) is 8.92. The molecule has 0 aliphatic heterocycles. The van der Waals surface area contributed by atoms with Crippen LogP contribution in [0.25, 0.3) is 0 Å². The van der Waals surface area contributed by atoms with Gasteiger partial charge in [-0.3, -0.25) is 4.79 Å². The molecule has 0 atom stereocenters. The van der Waals surface area contributed by atoms with Crippen LogP contribution in [0.3, 0.4) is 0 Å². The Hall–Kier alpha value is -1.06. The van der Waals surface area contributed by atoms with E-state index in [1.165, 1.54) is 0 Å². The van der Waals surface area contributed by atoms with Crippen LogP contribution < -0.4 is 5.32 Å². The molecule has 0 aromatic rings. The number of ether oxygens (including phenoxy) is 1. The van der Waals surface area contributed by atoms with Crippen LogP contribution in [0.4, 0.5) is 0 Å². The molecule has 1 saturated carbocycles. The van der Waals surface area contributed by atoms with Crippen molar-refractivity contribution in [3.8, 4) is 0 Å². The van der Waals surface area contributed by atoms with Crippen molar-refractivity contribution in [2.45, 2.75) is 39.2 Å². The quantitative estimate of drug-likeness (QED) is 0.541. The molecule has 0 aromatic heterocycles. The minimum atomic E-state index is -0.791. The topological polar surface area (TPSA) is 55.4 Å². The third-order valence-corrected chi connectivity index (χ3v) is 2.49. The Kier molecular flexibility index (Phi) is 3.13. The van der Waals surface area contributed by atoms with E-state index in [-0.39, 0.29) is 12.1 Å². The molecule has 1 aliphatic carbocycles. The molecule has 4 nitrogen and oxygen atoms in total. The molecule has 1 N–H and O–H groups in total. The molecule has 0 spiro atoms. The molecule has 0 aromatic carbocycles. The van der Waals surface area contributed by atoms with Gasteiger partial charge in [0.25, 0.3) is 0 Å². The summed E-state index contributed by atoms with van der Waals surface area (Å²) in [4.78, 5) is 22.3. The van der Waals surface area contributed by atoms with Gasteiger partial charge in [-0.1, -0.05) is 0 Å². The van der Waals surface area contributed by atoms with Gasteiger partial charge in [-0.2, -0.15) is 0 Å². The van der Waals surface area contributed by atoms with E-state index in [0.717, 1.165) is 12.8 Å². The fourth-order valence-electron chi connectivity index (χ4n) is 1.45. The van der Waals surface area contributed by atoms with Gasteiger partial charge < -0.3 is 10.1 Å². The van der Waals surface area contributed by atoms with Crippen LogP contribution in [0.5, 0.6) is 0 Å². The lowest BCUT2D eigenvalue weighted by atomic mass is 9.99. The largest absolute Gasteiger partial charge is 0.459 e. The lowest BCUT2D eigenvalue weighted by Crippen LogP contribution is -2.48. The molecule has 0 bridgehead atoms. The summed E-state index contributed by atoms with van der Waals surface area (Å²) in [6.45, 7) is 5.77. The van der Waals surface area contributed by atoms with Crippen LogP contribution in [0.1, 0.15) is 33.6 Å². The maximum Gasteiger partial charge on any atom is 0.396 e. The molecule has 1 rings (SSSR count). The SMILES string of the molecule is CCOC(=O)C(=O)NC(C)(C)C1CC1. The minimum Gasteiger partial charge on any atom is -0.459 e. The molecule has 14 heavy (non-hydrogen) atoms. The van der Waals surface area contributed by atoms with Crippen molar-refractivity contribution < 1.29 is 14.3 Å². The molecule has 0 radical (unpaired) electrons. The Morgan fingerprint density at radius 3 is 2.43 bits per heavy atom. The van der Waals surface area contributed by atoms with E-state index in [1.54, 1.807) is 6.92 Å². The summed E-state index contributed by atoms with van der Waals surface area (Å²) in [7, 11) is 0. The molecule has 4 heteroatoms. The van der Waals surface area contributed by atoms with Gasteiger partial charge in [-0.05, 0) is 39.5 Å². The molecular weight excluding hydrogens is 182 g/mol. The van der Waals surface area contributed by atoms with E-state index >= 15 is 0 Å². The van der Waals surface area contributed by atoms with Crippen LogP contribution in [0.15, 0.2) is 0 Å². The van der Waals surface area contributed by atoms with Crippen LogP contribution >= 0.6 is 0 Å². The zero-order chi connectivity index (χ0) is 10.8. The van der Waals surface area contributed by atoms with Crippen molar-refractivity contribution in [1.82, 2.24) is 5.32 Å². The highest BCUT2D eigenvalue weighted by Gasteiger charge is 2.39. The van der Waals surface area contributed by atoms with Crippen molar-refractivity contribution >= 4 is 11.9 Å². The fourth-order valence-corrected chi connectivity index (χ4v) is 1.45. The first-order chi connectivity index (χ1) is 6.47. The molecule has 0 heterocycles. The predicted octanol–water partition coefficient (Wildman–Crippen LogP) is 0.854. The summed E-state index contributed by atoms with van der Waals surface area (Å²) in [6.07, 6.45) is 2.24. The summed E-state index contributed by atoms with van der Waals surface area (Å²) >= 11 is 0. The maximum absolute atomic E-state index is 11.3. The van der Waals surface area contributed by atoms with Gasteiger partial charge in [0.1, 0.15) is 0 Å². The second-order valence-corrected chi connectivity index (χ2v) is 4.17. The summed E-state index contributed by atoms with van der Waals surface area (Å²) in [6, 6.07) is 0. The van der Waals surface area contributed by atoms with Crippen molar-refractivity contribution in [2.75, 3.05) is 6.61 Å². The van der Waals surface area contributed by atoms with Gasteiger partial charge in [0, 0.05) is 5.54 Å². The first-order valence-electron chi connectivity index (χ1n) is 4.96. The minimum absolute atomic E-state index is 0.232. The Labute approximate surface area is 84.0 Å². The highest BCUT2D eigenvalue weighted by molar-refractivity contribution is 6.32. The highest BCUT2D eigenvalue weighted by atomic mass is 16.5. The van der Waals surface area contributed by atoms with E-state index in [0.29, 0.717) is 5.92 Å². The summed E-state index contributed by atoms with van der Waals surface area (Å²) in [5.41, 5.74) is -0.288. The number of rotatable bonds is 3. The van der Waals surface area contributed by atoms with Crippen LogP contribution in [-0.2, 0) is 14.3 Å². The van der Waals surface area contributed by atoms with E-state index in [4.69, 9.17) is 0 Å². The van der Waals surface area contributed by atoms with Gasteiger partial charge in [0.15, 0.2) is 0 Å². The summed E-state index contributed by atoms with van der Waals surface area (Å²) < 4.78 is 4.60. The number of hydrogen-bond donors (Lipinski definition) is 1. The van der Waals surface area contributed by atoms with Gasteiger partial charge in [-0.15, -0.1) is 0 Å². The molecule has 1 aliphatic rings. The lowest BCUT2D eigenvalue weighted by Gasteiger charge is -2.25. The number of nitrogens with one attached hydrogen (secondary N) is 1. The lowest BCUT2D eigenvalue weighted by molar-refractivity contribution is -0.155. The fraction of sp³-hybridized carbons (Fsp3) is 0.800. The van der Waals surface area contributed by atoms with Crippen molar-refractivity contribution in [2.24, 2.45) is 5.92 Å². The van der Waals surface area contributed by atoms with E-state index in [9.17, 15) is 9.59 Å². The molecule has 1 fully saturated rings. The van der Waals surface area contributed by atoms with E-state index in [2.05, 4.69) is 10.1 Å². The average Bonchev–Trinajstić information content (AvgIpc) is 2.85. The van der Waals surface area contributed by atoms with Crippen molar-refractivity contribution in [3.05, 3.63) is 0 Å². The number of hydrogen-bond acceptors (Lipinski definition) is 3. The third kappa shape index (κ3) is 2.72. The average molecular weight is 199 g/mol. The van der Waals surface area contributed by atoms with Crippen LogP contribution in [0, 0.1) is 5.92 Å². The monoisotopic (exact) mass is 199 g/mol. The number of amides is 1. The Morgan fingerprint density at radius 2 is 2.00 bits per heavy atom. The normalized spacial score (nSPS) is 16.2. The molecule has 80 valence electrons. The third-order valence-electron chi connectivity index (χ3n) is 2.49. The van der Waals surface area contributed by atoms with Crippen molar-refractivity contribution in [3.63, 3.8) is 0 Å². The first kappa shape index (κ1) is 11.0. The number of carbonyl (C=O) groups excluding carboxylic acids is 2.